The highest BCUT2D eigenvalue weighted by molar-refractivity contribution is 5.21. The Bertz CT molecular complexity index is 895. The highest BCUT2D eigenvalue weighted by atomic mass is 15.2. The van der Waals surface area contributed by atoms with E-state index in [1.54, 1.807) is 0 Å². The largest absolute Gasteiger partial charge is 0.261 e. The zero-order valence-electron chi connectivity index (χ0n) is 20.6. The molecule has 0 N–H and O–H groups in total. The number of unbranched alkanes of at least 4 members (excludes halogenated alkanes) is 6. The molecule has 1 unspecified atom stereocenters. The van der Waals surface area contributed by atoms with E-state index in [1.807, 2.05) is 0 Å². The predicted molar refractivity (Wildman–Crippen MR) is 136 cm³/mol. The van der Waals surface area contributed by atoms with Crippen LogP contribution in [0, 0.1) is 0 Å². The second kappa shape index (κ2) is 13.3. The molecule has 0 fully saturated rings. The molecular formula is C30H43N2+. The topological polar surface area (TPSA) is 8.81 Å². The fourth-order valence-electron chi connectivity index (χ4n) is 4.81. The smallest absolute Gasteiger partial charge is 0.234 e. The van der Waals surface area contributed by atoms with Gasteiger partial charge in [0.15, 0.2) is 0 Å². The lowest BCUT2D eigenvalue weighted by Gasteiger charge is -2.11. The van der Waals surface area contributed by atoms with Crippen LogP contribution in [-0.2, 0) is 25.9 Å². The van der Waals surface area contributed by atoms with Crippen LogP contribution in [0.4, 0.5) is 0 Å². The molecule has 2 heteroatoms. The number of rotatable bonds is 14. The van der Waals surface area contributed by atoms with Crippen molar-refractivity contribution in [3.05, 3.63) is 89.5 Å². The van der Waals surface area contributed by atoms with E-state index in [2.05, 4.69) is 96.8 Å². The summed E-state index contributed by atoms with van der Waals surface area (Å²) < 4.78 is 5.14. The second-order valence-corrected chi connectivity index (χ2v) is 9.27. The summed E-state index contributed by atoms with van der Waals surface area (Å²) in [5, 5.41) is 0. The van der Waals surface area contributed by atoms with E-state index in [-0.39, 0.29) is 0 Å². The molecule has 0 bridgehead atoms. The molecular weight excluding hydrogens is 388 g/mol. The normalized spacial score (nSPS) is 12.2. The van der Waals surface area contributed by atoms with Crippen molar-refractivity contribution in [3.63, 3.8) is 0 Å². The lowest BCUT2D eigenvalue weighted by molar-refractivity contribution is -0.707. The second-order valence-electron chi connectivity index (χ2n) is 9.27. The summed E-state index contributed by atoms with van der Waals surface area (Å²) in [6.07, 6.45) is 14.1. The molecule has 0 aliphatic rings. The number of hydrogen-bond donors (Lipinski definition) is 0. The van der Waals surface area contributed by atoms with Gasteiger partial charge in [0.2, 0.25) is 0 Å². The molecule has 32 heavy (non-hydrogen) atoms. The minimum absolute atomic E-state index is 0.521. The first-order chi connectivity index (χ1) is 15.7. The fraction of sp³-hybridized carbons (Fsp3) is 0.500. The molecule has 3 aromatic rings. The number of imidazole rings is 1. The molecule has 0 amide bonds. The van der Waals surface area contributed by atoms with E-state index in [1.165, 1.54) is 67.6 Å². The van der Waals surface area contributed by atoms with Gasteiger partial charge < -0.3 is 0 Å². The van der Waals surface area contributed by atoms with Gasteiger partial charge in [0.1, 0.15) is 11.9 Å². The first-order valence-corrected chi connectivity index (χ1v) is 12.9. The lowest BCUT2D eigenvalue weighted by Crippen LogP contribution is -2.40. The SMILES string of the molecule is CCCCCCCCCn1cc(CC(C)c2ccccc2)[n+](CC)c1Cc1ccccc1. The zero-order chi connectivity index (χ0) is 22.6. The summed E-state index contributed by atoms with van der Waals surface area (Å²) in [7, 11) is 0. The van der Waals surface area contributed by atoms with Gasteiger partial charge in [-0.25, -0.2) is 9.13 Å². The van der Waals surface area contributed by atoms with Crippen LogP contribution in [0.5, 0.6) is 0 Å². The molecule has 1 heterocycles. The first kappa shape index (κ1) is 24.3. The number of aromatic nitrogens is 2. The van der Waals surface area contributed by atoms with Crippen LogP contribution in [0.25, 0.3) is 0 Å². The summed E-state index contributed by atoms with van der Waals surface area (Å²) in [4.78, 5) is 0. The Morgan fingerprint density at radius 1 is 0.781 bits per heavy atom. The maximum absolute atomic E-state index is 2.58. The Morgan fingerprint density at radius 3 is 2.06 bits per heavy atom. The van der Waals surface area contributed by atoms with Crippen LogP contribution in [0.15, 0.2) is 66.9 Å². The van der Waals surface area contributed by atoms with Crippen molar-refractivity contribution in [1.82, 2.24) is 4.57 Å². The summed E-state index contributed by atoms with van der Waals surface area (Å²) in [6, 6.07) is 21.9. The van der Waals surface area contributed by atoms with Gasteiger partial charge in [-0.05, 0) is 36.8 Å². The van der Waals surface area contributed by atoms with E-state index in [0.29, 0.717) is 5.92 Å². The monoisotopic (exact) mass is 431 g/mol. The highest BCUT2D eigenvalue weighted by Gasteiger charge is 2.24. The molecule has 2 nitrogen and oxygen atoms in total. The third kappa shape index (κ3) is 7.08. The van der Waals surface area contributed by atoms with Crippen molar-refractivity contribution in [1.29, 1.82) is 0 Å². The van der Waals surface area contributed by atoms with E-state index in [0.717, 1.165) is 25.9 Å². The van der Waals surface area contributed by atoms with Crippen LogP contribution in [-0.4, -0.2) is 4.57 Å². The van der Waals surface area contributed by atoms with Crippen molar-refractivity contribution >= 4 is 0 Å². The van der Waals surface area contributed by atoms with Crippen molar-refractivity contribution in [2.75, 3.05) is 0 Å². The average Bonchev–Trinajstić information content (AvgIpc) is 3.15. The molecule has 172 valence electrons. The number of nitrogens with zero attached hydrogens (tertiary/aromatic N) is 2. The molecule has 1 aromatic heterocycles. The Morgan fingerprint density at radius 2 is 1.41 bits per heavy atom. The predicted octanol–water partition coefficient (Wildman–Crippen LogP) is 7.48. The number of hydrogen-bond acceptors (Lipinski definition) is 0. The molecule has 2 aromatic carbocycles. The van der Waals surface area contributed by atoms with Crippen LogP contribution < -0.4 is 4.57 Å². The van der Waals surface area contributed by atoms with Crippen LogP contribution in [0.2, 0.25) is 0 Å². The Labute approximate surface area is 196 Å². The molecule has 3 rings (SSSR count). The maximum Gasteiger partial charge on any atom is 0.261 e. The van der Waals surface area contributed by atoms with E-state index in [9.17, 15) is 0 Å². The Balaban J connectivity index is 1.75. The van der Waals surface area contributed by atoms with Crippen molar-refractivity contribution in [2.45, 2.75) is 97.6 Å². The van der Waals surface area contributed by atoms with Gasteiger partial charge in [-0.2, -0.15) is 0 Å². The van der Waals surface area contributed by atoms with Gasteiger partial charge in [0.05, 0.1) is 19.5 Å². The first-order valence-electron chi connectivity index (χ1n) is 12.9. The van der Waals surface area contributed by atoms with E-state index in [4.69, 9.17) is 0 Å². The minimum Gasteiger partial charge on any atom is -0.234 e. The minimum atomic E-state index is 0.521. The third-order valence-corrected chi connectivity index (χ3v) is 6.70. The van der Waals surface area contributed by atoms with E-state index >= 15 is 0 Å². The summed E-state index contributed by atoms with van der Waals surface area (Å²) in [6.45, 7) is 9.11. The molecule has 1 atom stereocenters. The van der Waals surface area contributed by atoms with Crippen LogP contribution >= 0.6 is 0 Å². The fourth-order valence-corrected chi connectivity index (χ4v) is 4.81. The number of benzene rings is 2. The van der Waals surface area contributed by atoms with Gasteiger partial charge in [0.25, 0.3) is 5.82 Å². The Kier molecular flexibility index (Phi) is 10.1. The maximum atomic E-state index is 2.58. The number of aryl methyl sites for hydroxylation is 1. The van der Waals surface area contributed by atoms with Gasteiger partial charge in [-0.15, -0.1) is 0 Å². The molecule has 0 radical (unpaired) electrons. The summed E-state index contributed by atoms with van der Waals surface area (Å²) in [5.41, 5.74) is 4.30. The Hall–Kier alpha value is -2.35. The standard InChI is InChI=1S/C30H43N2/c1-4-6-7-8-9-10-17-22-31-25-29(23-26(3)28-20-15-12-16-21-28)32(5-2)30(31)24-27-18-13-11-14-19-27/h11-16,18-21,25-26H,4-10,17,22-24H2,1-3H3/q+1. The zero-order valence-corrected chi connectivity index (χ0v) is 20.6. The van der Waals surface area contributed by atoms with Crippen molar-refractivity contribution in [2.24, 2.45) is 0 Å². The molecule has 0 spiro atoms. The lowest BCUT2D eigenvalue weighted by atomic mass is 9.96. The van der Waals surface area contributed by atoms with Crippen molar-refractivity contribution in [3.8, 4) is 0 Å². The molecule has 0 saturated heterocycles. The summed E-state index contributed by atoms with van der Waals surface area (Å²) >= 11 is 0. The third-order valence-electron chi connectivity index (χ3n) is 6.70. The van der Waals surface area contributed by atoms with Gasteiger partial charge in [-0.3, -0.25) is 0 Å². The summed E-state index contributed by atoms with van der Waals surface area (Å²) in [5.74, 6) is 1.98. The molecule has 0 aliphatic carbocycles. The van der Waals surface area contributed by atoms with Gasteiger partial charge >= 0.3 is 0 Å². The van der Waals surface area contributed by atoms with Gasteiger partial charge in [0, 0.05) is 6.42 Å². The highest BCUT2D eigenvalue weighted by Crippen LogP contribution is 2.21. The van der Waals surface area contributed by atoms with Gasteiger partial charge in [-0.1, -0.05) is 107 Å². The van der Waals surface area contributed by atoms with Crippen LogP contribution in [0.1, 0.15) is 94.3 Å². The molecule has 0 saturated carbocycles. The van der Waals surface area contributed by atoms with Crippen LogP contribution in [0.3, 0.4) is 0 Å². The average molecular weight is 432 g/mol. The quantitative estimate of drug-likeness (QED) is 0.185. The van der Waals surface area contributed by atoms with E-state index < -0.39 is 0 Å². The van der Waals surface area contributed by atoms with Crippen molar-refractivity contribution < 1.29 is 4.57 Å². The molecule has 0 aliphatic heterocycles.